The lowest BCUT2D eigenvalue weighted by Gasteiger charge is -2.07. The maximum atomic E-state index is 12.2. The van der Waals surface area contributed by atoms with Crippen molar-refractivity contribution in [3.63, 3.8) is 0 Å². The van der Waals surface area contributed by atoms with Gasteiger partial charge in [0, 0.05) is 12.3 Å². The maximum absolute atomic E-state index is 12.2. The predicted molar refractivity (Wildman–Crippen MR) is 82.3 cm³/mol. The van der Waals surface area contributed by atoms with Crippen LogP contribution in [-0.2, 0) is 0 Å². The molecule has 0 fully saturated rings. The number of hydrogen-bond acceptors (Lipinski definition) is 4. The number of benzene rings is 2. The number of para-hydroxylation sites is 2. The first-order chi connectivity index (χ1) is 10.8. The molecule has 0 atom stereocenters. The fraction of sp³-hybridized carbons (Fsp3) is 0. The smallest absolute Gasteiger partial charge is 0.226 e. The van der Waals surface area contributed by atoms with Crippen LogP contribution < -0.4 is 5.43 Å². The lowest BCUT2D eigenvalue weighted by molar-refractivity contribution is 0.734. The molecular weight excluding hydrogens is 278 g/mol. The summed E-state index contributed by atoms with van der Waals surface area (Å²) in [5.41, 5.74) is 2.13. The standard InChI is InChI=1S/C16H11N5O/c22-15-10-11-20(12-6-2-1-3-7-12)18-16(15)21-14-9-5-4-8-13(14)17-19-21/h1-11H. The van der Waals surface area contributed by atoms with Gasteiger partial charge in [-0.2, -0.15) is 4.68 Å². The first-order valence-corrected chi connectivity index (χ1v) is 6.79. The first kappa shape index (κ1) is 12.5. The molecule has 22 heavy (non-hydrogen) atoms. The zero-order chi connectivity index (χ0) is 14.9. The van der Waals surface area contributed by atoms with Gasteiger partial charge in [0.25, 0.3) is 0 Å². The summed E-state index contributed by atoms with van der Waals surface area (Å²) in [6.07, 6.45) is 1.64. The van der Waals surface area contributed by atoms with Gasteiger partial charge >= 0.3 is 0 Å². The van der Waals surface area contributed by atoms with E-state index >= 15 is 0 Å². The molecule has 0 N–H and O–H groups in total. The summed E-state index contributed by atoms with van der Waals surface area (Å²) >= 11 is 0. The highest BCUT2D eigenvalue weighted by Crippen LogP contribution is 2.12. The Bertz CT molecular complexity index is 1000. The summed E-state index contributed by atoms with van der Waals surface area (Å²) in [6, 6.07) is 18.5. The quantitative estimate of drug-likeness (QED) is 0.566. The SMILES string of the molecule is O=c1ccn(-c2ccccc2)nc1-n1nnc2ccccc21. The monoisotopic (exact) mass is 289 g/mol. The zero-order valence-corrected chi connectivity index (χ0v) is 11.5. The number of rotatable bonds is 2. The highest BCUT2D eigenvalue weighted by Gasteiger charge is 2.11. The Morgan fingerprint density at radius 2 is 1.64 bits per heavy atom. The summed E-state index contributed by atoms with van der Waals surface area (Å²) in [5, 5.41) is 12.5. The van der Waals surface area contributed by atoms with Crippen molar-refractivity contribution in [1.82, 2.24) is 24.8 Å². The number of nitrogens with zero attached hydrogens (tertiary/aromatic N) is 5. The van der Waals surface area contributed by atoms with Crippen molar-refractivity contribution < 1.29 is 0 Å². The Morgan fingerprint density at radius 1 is 0.864 bits per heavy atom. The Balaban J connectivity index is 1.94. The van der Waals surface area contributed by atoms with Gasteiger partial charge in [-0.25, -0.2) is 4.68 Å². The molecule has 106 valence electrons. The van der Waals surface area contributed by atoms with Crippen LogP contribution in [0.2, 0.25) is 0 Å². The average Bonchev–Trinajstić information content (AvgIpc) is 3.00. The minimum atomic E-state index is -0.206. The summed E-state index contributed by atoms with van der Waals surface area (Å²) in [4.78, 5) is 12.2. The second kappa shape index (κ2) is 4.92. The van der Waals surface area contributed by atoms with Crippen LogP contribution in [0.1, 0.15) is 0 Å². The Morgan fingerprint density at radius 3 is 2.50 bits per heavy atom. The van der Waals surface area contributed by atoms with Crippen molar-refractivity contribution in [1.29, 1.82) is 0 Å². The van der Waals surface area contributed by atoms with Gasteiger partial charge in [-0.05, 0) is 24.3 Å². The summed E-state index contributed by atoms with van der Waals surface area (Å²) < 4.78 is 3.12. The minimum Gasteiger partial charge on any atom is -0.286 e. The molecule has 0 spiro atoms. The Kier molecular flexibility index (Phi) is 2.79. The third-order valence-corrected chi connectivity index (χ3v) is 3.36. The summed E-state index contributed by atoms with van der Waals surface area (Å²) in [6.45, 7) is 0. The van der Waals surface area contributed by atoms with E-state index in [1.54, 1.807) is 10.9 Å². The van der Waals surface area contributed by atoms with E-state index in [4.69, 9.17) is 0 Å². The van der Waals surface area contributed by atoms with Crippen molar-refractivity contribution in [2.75, 3.05) is 0 Å². The first-order valence-electron chi connectivity index (χ1n) is 6.79. The van der Waals surface area contributed by atoms with Gasteiger partial charge in [-0.15, -0.1) is 10.2 Å². The van der Waals surface area contributed by atoms with Crippen LogP contribution in [0.15, 0.2) is 71.7 Å². The van der Waals surface area contributed by atoms with Crippen molar-refractivity contribution in [3.8, 4) is 11.5 Å². The predicted octanol–water partition coefficient (Wildman–Crippen LogP) is 1.97. The number of aromatic nitrogens is 5. The molecule has 0 bridgehead atoms. The van der Waals surface area contributed by atoms with Crippen LogP contribution in [-0.4, -0.2) is 24.8 Å². The number of hydrogen-bond donors (Lipinski definition) is 0. The molecule has 0 aliphatic carbocycles. The van der Waals surface area contributed by atoms with Crippen molar-refractivity contribution in [2.24, 2.45) is 0 Å². The molecule has 4 rings (SSSR count). The highest BCUT2D eigenvalue weighted by atomic mass is 16.1. The molecule has 0 saturated carbocycles. The van der Waals surface area contributed by atoms with Crippen LogP contribution in [0.5, 0.6) is 0 Å². The van der Waals surface area contributed by atoms with Crippen molar-refractivity contribution >= 4 is 11.0 Å². The molecule has 0 aliphatic heterocycles. The molecule has 0 unspecified atom stereocenters. The molecule has 2 aromatic carbocycles. The summed E-state index contributed by atoms with van der Waals surface area (Å²) in [7, 11) is 0. The molecule has 2 heterocycles. The normalized spacial score (nSPS) is 10.9. The largest absolute Gasteiger partial charge is 0.286 e. The van der Waals surface area contributed by atoms with E-state index in [2.05, 4.69) is 15.4 Å². The van der Waals surface area contributed by atoms with E-state index in [0.717, 1.165) is 16.7 Å². The Hall–Kier alpha value is -3.28. The van der Waals surface area contributed by atoms with Crippen LogP contribution in [0, 0.1) is 0 Å². The minimum absolute atomic E-state index is 0.206. The van der Waals surface area contributed by atoms with E-state index in [0.29, 0.717) is 0 Å². The van der Waals surface area contributed by atoms with Gasteiger partial charge in [0.2, 0.25) is 11.2 Å². The van der Waals surface area contributed by atoms with E-state index < -0.39 is 0 Å². The van der Waals surface area contributed by atoms with Gasteiger partial charge < -0.3 is 0 Å². The molecule has 0 radical (unpaired) electrons. The zero-order valence-electron chi connectivity index (χ0n) is 11.5. The molecule has 0 amide bonds. The van der Waals surface area contributed by atoms with E-state index in [1.165, 1.54) is 10.7 Å². The molecule has 4 aromatic rings. The fourth-order valence-corrected chi connectivity index (χ4v) is 2.29. The van der Waals surface area contributed by atoms with Crippen LogP contribution in [0.4, 0.5) is 0 Å². The van der Waals surface area contributed by atoms with Crippen LogP contribution in [0.25, 0.3) is 22.5 Å². The molecule has 2 aromatic heterocycles. The van der Waals surface area contributed by atoms with E-state index in [1.807, 2.05) is 54.6 Å². The average molecular weight is 289 g/mol. The van der Waals surface area contributed by atoms with Crippen molar-refractivity contribution in [3.05, 3.63) is 77.1 Å². The second-order valence-corrected chi connectivity index (χ2v) is 4.77. The van der Waals surface area contributed by atoms with Gasteiger partial charge in [0.1, 0.15) is 5.52 Å². The molecule has 6 heteroatoms. The van der Waals surface area contributed by atoms with E-state index in [9.17, 15) is 4.79 Å². The number of fused-ring (bicyclic) bond motifs is 1. The lowest BCUT2D eigenvalue weighted by Crippen LogP contribution is -2.18. The Labute approximate surface area is 125 Å². The van der Waals surface area contributed by atoms with E-state index in [-0.39, 0.29) is 11.2 Å². The fourth-order valence-electron chi connectivity index (χ4n) is 2.29. The van der Waals surface area contributed by atoms with Gasteiger partial charge in [-0.3, -0.25) is 4.79 Å². The molecule has 6 nitrogen and oxygen atoms in total. The van der Waals surface area contributed by atoms with Gasteiger partial charge in [-0.1, -0.05) is 35.5 Å². The highest BCUT2D eigenvalue weighted by molar-refractivity contribution is 5.75. The summed E-state index contributed by atoms with van der Waals surface area (Å²) in [5.74, 6) is 0.222. The molecule has 0 aliphatic rings. The van der Waals surface area contributed by atoms with Crippen LogP contribution >= 0.6 is 0 Å². The third-order valence-electron chi connectivity index (χ3n) is 3.36. The van der Waals surface area contributed by atoms with Gasteiger partial charge in [0.15, 0.2) is 0 Å². The maximum Gasteiger partial charge on any atom is 0.226 e. The molecule has 0 saturated heterocycles. The van der Waals surface area contributed by atoms with Crippen molar-refractivity contribution in [2.45, 2.75) is 0 Å². The van der Waals surface area contributed by atoms with Crippen LogP contribution in [0.3, 0.4) is 0 Å². The third kappa shape index (κ3) is 1.98. The van der Waals surface area contributed by atoms with Gasteiger partial charge in [0.05, 0.1) is 11.2 Å². The topological polar surface area (TPSA) is 65.6 Å². The lowest BCUT2D eigenvalue weighted by atomic mass is 10.3. The molecular formula is C16H11N5O. The second-order valence-electron chi connectivity index (χ2n) is 4.77.